The normalized spacial score (nSPS) is 12.4. The number of anilines is 1. The lowest BCUT2D eigenvalue weighted by molar-refractivity contribution is 0.257. The fourth-order valence-electron chi connectivity index (χ4n) is 3.04. The Morgan fingerprint density at radius 3 is 2.41 bits per heavy atom. The summed E-state index contributed by atoms with van der Waals surface area (Å²) < 4.78 is 39.8. The summed E-state index contributed by atoms with van der Waals surface area (Å²) in [4.78, 5) is 40.1. The van der Waals surface area contributed by atoms with Crippen LogP contribution in [0.3, 0.4) is 0 Å². The summed E-state index contributed by atoms with van der Waals surface area (Å²) in [5.74, 6) is 0. The largest absolute Gasteiger partial charge is 0.333 e. The number of nitrogens with zero attached hydrogens (tertiary/aromatic N) is 1. The van der Waals surface area contributed by atoms with Gasteiger partial charge in [-0.1, -0.05) is 11.6 Å². The van der Waals surface area contributed by atoms with E-state index in [9.17, 15) is 27.0 Å². The smallest absolute Gasteiger partial charge is 0.307 e. The molecular weight excluding hydrogens is 524 g/mol. The molecule has 3 N–H and O–H groups in total. The van der Waals surface area contributed by atoms with Gasteiger partial charge >= 0.3 is 11.7 Å². The predicted octanol–water partition coefficient (Wildman–Crippen LogP) is 2.64. The maximum absolute atomic E-state index is 13.0. The van der Waals surface area contributed by atoms with Crippen LogP contribution in [0.2, 0.25) is 4.34 Å². The van der Waals surface area contributed by atoms with Crippen LogP contribution in [-0.4, -0.2) is 34.5 Å². The minimum absolute atomic E-state index is 0.0280. The molecule has 2 heterocycles. The number of urea groups is 1. The molecule has 0 saturated carbocycles. The molecule has 34 heavy (non-hydrogen) atoms. The van der Waals surface area contributed by atoms with Crippen LogP contribution in [-0.2, 0) is 20.8 Å². The molecular formula is C20H15ClN4O6S3. The van der Waals surface area contributed by atoms with Crippen LogP contribution >= 0.6 is 22.9 Å². The lowest BCUT2D eigenvalue weighted by Crippen LogP contribution is -2.33. The van der Waals surface area contributed by atoms with Crippen molar-refractivity contribution in [1.29, 1.82) is 0 Å². The molecule has 2 aromatic heterocycles. The topological polar surface area (TPSA) is 147 Å². The number of hydrogen-bond donors (Lipinski definition) is 3. The van der Waals surface area contributed by atoms with Crippen LogP contribution in [0.5, 0.6) is 0 Å². The maximum Gasteiger partial charge on any atom is 0.333 e. The standard InChI is InChI=1S/C20H15ClN4O6S3/c1-34(30,31)13-6-7-15-14(10-13)18(26)25(20(28)23-15)12-4-2-11(3-5-12)22-19(27)24-33(29)17-9-8-16(21)32-17/h2-10H,1H3,(H,23,28)(H2,22,24,27). The van der Waals surface area contributed by atoms with Gasteiger partial charge in [0, 0.05) is 11.9 Å². The highest BCUT2D eigenvalue weighted by atomic mass is 35.5. The number of nitrogens with one attached hydrogen (secondary N) is 3. The lowest BCUT2D eigenvalue weighted by Gasteiger charge is -2.09. The number of fused-ring (bicyclic) bond motifs is 1. The minimum atomic E-state index is -3.56. The van der Waals surface area contributed by atoms with Gasteiger partial charge in [0.05, 0.1) is 25.8 Å². The minimum Gasteiger partial charge on any atom is -0.307 e. The molecule has 0 spiro atoms. The number of carbonyl (C=O) groups is 1. The Hall–Kier alpha value is -3.26. The summed E-state index contributed by atoms with van der Waals surface area (Å²) in [5, 5.41) is 2.53. The van der Waals surface area contributed by atoms with E-state index in [4.69, 9.17) is 11.6 Å². The zero-order valence-electron chi connectivity index (χ0n) is 17.2. The number of amides is 2. The highest BCUT2D eigenvalue weighted by molar-refractivity contribution is 7.90. The molecule has 0 aliphatic heterocycles. The summed E-state index contributed by atoms with van der Waals surface area (Å²) >= 11 is 6.87. The Balaban J connectivity index is 1.59. The number of carbonyl (C=O) groups excluding carboxylic acids is 1. The summed E-state index contributed by atoms with van der Waals surface area (Å²) in [5.41, 5.74) is -0.706. The molecule has 2 amide bonds. The predicted molar refractivity (Wildman–Crippen MR) is 131 cm³/mol. The van der Waals surface area contributed by atoms with Crippen LogP contribution in [0.1, 0.15) is 0 Å². The van der Waals surface area contributed by atoms with Crippen molar-refractivity contribution in [2.24, 2.45) is 0 Å². The van der Waals surface area contributed by atoms with Crippen molar-refractivity contribution in [2.45, 2.75) is 9.10 Å². The molecule has 4 aromatic rings. The van der Waals surface area contributed by atoms with Gasteiger partial charge in [0.1, 0.15) is 4.21 Å². The summed E-state index contributed by atoms with van der Waals surface area (Å²) in [6.07, 6.45) is 1.02. The molecule has 176 valence electrons. The van der Waals surface area contributed by atoms with E-state index in [2.05, 4.69) is 15.0 Å². The van der Waals surface area contributed by atoms with E-state index >= 15 is 0 Å². The van der Waals surface area contributed by atoms with Crippen LogP contribution < -0.4 is 21.3 Å². The molecule has 0 aliphatic carbocycles. The number of aromatic amines is 1. The van der Waals surface area contributed by atoms with Crippen molar-refractivity contribution in [1.82, 2.24) is 14.3 Å². The highest BCUT2D eigenvalue weighted by Gasteiger charge is 2.15. The maximum atomic E-state index is 13.0. The Bertz CT molecular complexity index is 1670. The van der Waals surface area contributed by atoms with Gasteiger partial charge in [-0.05, 0) is 54.6 Å². The fraction of sp³-hybridized carbons (Fsp3) is 0.0500. The Labute approximate surface area is 203 Å². The van der Waals surface area contributed by atoms with Crippen molar-refractivity contribution in [3.63, 3.8) is 0 Å². The van der Waals surface area contributed by atoms with Crippen molar-refractivity contribution in [3.05, 3.63) is 79.8 Å². The van der Waals surface area contributed by atoms with E-state index in [0.717, 1.165) is 22.2 Å². The molecule has 0 saturated heterocycles. The molecule has 0 aliphatic rings. The van der Waals surface area contributed by atoms with Gasteiger partial charge in [-0.2, -0.15) is 0 Å². The van der Waals surface area contributed by atoms with Gasteiger partial charge in [0.2, 0.25) is 0 Å². The molecule has 10 nitrogen and oxygen atoms in total. The molecule has 4 rings (SSSR count). The van der Waals surface area contributed by atoms with E-state index in [1.165, 1.54) is 48.5 Å². The molecule has 2 aromatic carbocycles. The van der Waals surface area contributed by atoms with Crippen LogP contribution in [0.4, 0.5) is 10.5 Å². The highest BCUT2D eigenvalue weighted by Crippen LogP contribution is 2.23. The zero-order chi connectivity index (χ0) is 24.6. The van der Waals surface area contributed by atoms with Gasteiger partial charge < -0.3 is 10.3 Å². The average Bonchev–Trinajstić information content (AvgIpc) is 3.20. The van der Waals surface area contributed by atoms with Gasteiger partial charge in [-0.3, -0.25) is 9.52 Å². The number of thiophene rings is 1. The summed E-state index contributed by atoms with van der Waals surface area (Å²) in [6, 6.07) is 12.0. The first-order valence-electron chi connectivity index (χ1n) is 9.37. The van der Waals surface area contributed by atoms with Crippen LogP contribution in [0.25, 0.3) is 16.6 Å². The molecule has 0 radical (unpaired) electrons. The van der Waals surface area contributed by atoms with Gasteiger partial charge in [0.25, 0.3) is 5.56 Å². The number of sulfone groups is 1. The number of hydrogen-bond acceptors (Lipinski definition) is 7. The third kappa shape index (κ3) is 4.97. The second-order valence-corrected chi connectivity index (χ2v) is 12.2. The van der Waals surface area contributed by atoms with E-state index < -0.39 is 38.1 Å². The summed E-state index contributed by atoms with van der Waals surface area (Å²) in [7, 11) is -5.35. The zero-order valence-corrected chi connectivity index (χ0v) is 20.4. The second kappa shape index (κ2) is 9.18. The van der Waals surface area contributed by atoms with Crippen molar-refractivity contribution in [2.75, 3.05) is 11.6 Å². The quantitative estimate of drug-likeness (QED) is 0.356. The van der Waals surface area contributed by atoms with E-state index in [1.54, 1.807) is 6.07 Å². The van der Waals surface area contributed by atoms with Crippen LogP contribution in [0, 0.1) is 0 Å². The number of halogens is 1. The molecule has 0 fully saturated rings. The Morgan fingerprint density at radius 2 is 1.79 bits per heavy atom. The lowest BCUT2D eigenvalue weighted by atomic mass is 10.2. The average molecular weight is 539 g/mol. The van der Waals surface area contributed by atoms with Gasteiger partial charge in [-0.15, -0.1) is 11.3 Å². The molecule has 1 unspecified atom stereocenters. The first kappa shape index (κ1) is 23.9. The second-order valence-electron chi connectivity index (χ2n) is 6.98. The first-order chi connectivity index (χ1) is 16.0. The van der Waals surface area contributed by atoms with E-state index in [-0.39, 0.29) is 21.5 Å². The molecule has 1 atom stereocenters. The monoisotopic (exact) mass is 538 g/mol. The number of rotatable bonds is 5. The van der Waals surface area contributed by atoms with Crippen molar-refractivity contribution < 1.29 is 17.4 Å². The number of benzene rings is 2. The van der Waals surface area contributed by atoms with Gasteiger partial charge in [-0.25, -0.2) is 26.8 Å². The Morgan fingerprint density at radius 1 is 1.09 bits per heavy atom. The van der Waals surface area contributed by atoms with Crippen LogP contribution in [0.15, 0.2) is 73.3 Å². The first-order valence-corrected chi connectivity index (χ1v) is 13.6. The number of H-pyrrole nitrogens is 1. The Kier molecular flexibility index (Phi) is 6.45. The number of aromatic nitrogens is 2. The summed E-state index contributed by atoms with van der Waals surface area (Å²) in [6.45, 7) is 0. The van der Waals surface area contributed by atoms with Gasteiger partial charge in [0.15, 0.2) is 20.8 Å². The molecule has 0 bridgehead atoms. The molecule has 14 heteroatoms. The van der Waals surface area contributed by atoms with E-state index in [1.807, 2.05) is 0 Å². The van der Waals surface area contributed by atoms with Crippen molar-refractivity contribution >= 4 is 66.4 Å². The third-order valence-electron chi connectivity index (χ3n) is 4.60. The third-order valence-corrected chi connectivity index (χ3v) is 8.31. The SMILES string of the molecule is CS(=O)(=O)c1ccc2[nH]c(=O)n(-c3ccc(NC(=O)NS(=O)c4ccc(Cl)s4)cc3)c(=O)c2c1. The fourth-order valence-corrected chi connectivity index (χ4v) is 5.81. The van der Waals surface area contributed by atoms with Crippen molar-refractivity contribution in [3.8, 4) is 5.69 Å². The van der Waals surface area contributed by atoms with E-state index in [0.29, 0.717) is 14.2 Å².